The molecule has 0 atom stereocenters. The molecule has 1 saturated carbocycles. The lowest BCUT2D eigenvalue weighted by atomic mass is 9.98. The van der Waals surface area contributed by atoms with Crippen molar-refractivity contribution in [2.75, 3.05) is 25.0 Å². The number of imide groups is 1. The fraction of sp³-hybridized carbons (Fsp3) is 0.474. The van der Waals surface area contributed by atoms with E-state index in [9.17, 15) is 28.0 Å². The first kappa shape index (κ1) is 20.7. The molecule has 1 aromatic rings. The van der Waals surface area contributed by atoms with Crippen molar-refractivity contribution in [1.82, 2.24) is 15.1 Å². The number of para-hydroxylation sites is 1. The molecule has 1 aliphatic heterocycles. The predicted molar refractivity (Wildman–Crippen MR) is 98.7 cm³/mol. The number of urea groups is 1. The molecule has 3 rings (SSSR count). The minimum atomic E-state index is -0.936. The third kappa shape index (κ3) is 4.06. The van der Waals surface area contributed by atoms with E-state index in [0.29, 0.717) is 12.8 Å². The number of carbonyl (C=O) groups excluding carboxylic acids is 4. The van der Waals surface area contributed by atoms with E-state index in [2.05, 4.69) is 10.6 Å². The Morgan fingerprint density at radius 3 is 2.41 bits per heavy atom. The second-order valence-corrected chi connectivity index (χ2v) is 7.16. The van der Waals surface area contributed by atoms with Gasteiger partial charge in [-0.25, -0.2) is 13.6 Å². The van der Waals surface area contributed by atoms with E-state index in [1.807, 2.05) is 0 Å². The molecule has 8 nitrogen and oxygen atoms in total. The maximum Gasteiger partial charge on any atom is 0.325 e. The normalized spacial score (nSPS) is 17.6. The van der Waals surface area contributed by atoms with Crippen LogP contribution in [0.4, 0.5) is 19.3 Å². The van der Waals surface area contributed by atoms with Crippen LogP contribution < -0.4 is 10.6 Å². The maximum atomic E-state index is 13.7. The van der Waals surface area contributed by atoms with Gasteiger partial charge in [0.2, 0.25) is 11.8 Å². The van der Waals surface area contributed by atoms with Gasteiger partial charge in [0, 0.05) is 6.54 Å². The van der Waals surface area contributed by atoms with E-state index >= 15 is 0 Å². The molecule has 0 radical (unpaired) electrons. The van der Waals surface area contributed by atoms with E-state index in [4.69, 9.17) is 0 Å². The molecule has 1 spiro atoms. The number of hydrogen-bond acceptors (Lipinski definition) is 4. The molecule has 5 amide bonds. The van der Waals surface area contributed by atoms with Gasteiger partial charge < -0.3 is 15.5 Å². The Morgan fingerprint density at radius 2 is 1.83 bits per heavy atom. The fourth-order valence-corrected chi connectivity index (χ4v) is 3.72. The second-order valence-electron chi connectivity index (χ2n) is 7.16. The van der Waals surface area contributed by atoms with Gasteiger partial charge in [-0.15, -0.1) is 0 Å². The number of likely N-dealkylation sites (N-methyl/N-ethyl adjacent to an activating group) is 1. The van der Waals surface area contributed by atoms with Gasteiger partial charge in [0.05, 0.1) is 6.54 Å². The number of nitrogens with zero attached hydrogens (tertiary/aromatic N) is 2. The smallest absolute Gasteiger partial charge is 0.325 e. The number of hydrogen-bond donors (Lipinski definition) is 2. The molecule has 0 aromatic heterocycles. The zero-order valence-corrected chi connectivity index (χ0v) is 16.0. The number of rotatable bonds is 6. The topological polar surface area (TPSA) is 98.8 Å². The van der Waals surface area contributed by atoms with Crippen LogP contribution in [-0.4, -0.2) is 58.7 Å². The number of halogens is 2. The van der Waals surface area contributed by atoms with Gasteiger partial charge >= 0.3 is 6.03 Å². The highest BCUT2D eigenvalue weighted by Crippen LogP contribution is 2.34. The summed E-state index contributed by atoms with van der Waals surface area (Å²) in [5.74, 6) is -3.71. The molecule has 156 valence electrons. The molecule has 2 N–H and O–H groups in total. The van der Waals surface area contributed by atoms with Crippen LogP contribution in [0.15, 0.2) is 18.2 Å². The summed E-state index contributed by atoms with van der Waals surface area (Å²) >= 11 is 0. The maximum absolute atomic E-state index is 13.7. The lowest BCUT2D eigenvalue weighted by Crippen LogP contribution is -2.47. The summed E-state index contributed by atoms with van der Waals surface area (Å²) in [6.45, 7) is 0.749. The van der Waals surface area contributed by atoms with Crippen molar-refractivity contribution >= 4 is 29.4 Å². The molecular formula is C19H22F2N4O4. The van der Waals surface area contributed by atoms with Crippen LogP contribution in [0.2, 0.25) is 0 Å². The Bertz CT molecular complexity index is 834. The zero-order valence-electron chi connectivity index (χ0n) is 16.0. The van der Waals surface area contributed by atoms with Gasteiger partial charge in [-0.05, 0) is 31.9 Å². The molecule has 1 aromatic carbocycles. The number of carbonyl (C=O) groups is 4. The third-order valence-electron chi connectivity index (χ3n) is 5.29. The number of nitrogens with one attached hydrogen (secondary N) is 2. The van der Waals surface area contributed by atoms with Crippen molar-refractivity contribution in [3.63, 3.8) is 0 Å². The molecule has 0 bridgehead atoms. The average Bonchev–Trinajstić information content (AvgIpc) is 3.23. The highest BCUT2D eigenvalue weighted by atomic mass is 19.1. The number of anilines is 1. The first-order valence-electron chi connectivity index (χ1n) is 9.43. The third-order valence-corrected chi connectivity index (χ3v) is 5.29. The first-order valence-corrected chi connectivity index (χ1v) is 9.43. The van der Waals surface area contributed by atoms with Crippen LogP contribution in [0.1, 0.15) is 32.6 Å². The van der Waals surface area contributed by atoms with Crippen LogP contribution in [-0.2, 0) is 14.4 Å². The van der Waals surface area contributed by atoms with E-state index in [-0.39, 0.29) is 6.54 Å². The lowest BCUT2D eigenvalue weighted by Gasteiger charge is -2.23. The van der Waals surface area contributed by atoms with Crippen molar-refractivity contribution in [2.45, 2.75) is 38.1 Å². The largest absolute Gasteiger partial charge is 0.332 e. The van der Waals surface area contributed by atoms with Crippen LogP contribution in [0, 0.1) is 11.6 Å². The molecule has 1 saturated heterocycles. The Kier molecular flexibility index (Phi) is 5.81. The molecule has 1 aliphatic carbocycles. The molecule has 10 heteroatoms. The van der Waals surface area contributed by atoms with Crippen molar-refractivity contribution in [3.8, 4) is 0 Å². The van der Waals surface area contributed by atoms with Crippen molar-refractivity contribution in [2.24, 2.45) is 0 Å². The number of amides is 5. The zero-order chi connectivity index (χ0) is 21.2. The summed E-state index contributed by atoms with van der Waals surface area (Å²) < 4.78 is 27.3. The summed E-state index contributed by atoms with van der Waals surface area (Å²) in [6.07, 6.45) is 2.72. The second kappa shape index (κ2) is 8.14. The van der Waals surface area contributed by atoms with Crippen molar-refractivity contribution < 1.29 is 28.0 Å². The lowest BCUT2D eigenvalue weighted by molar-refractivity contribution is -0.140. The Balaban J connectivity index is 1.62. The van der Waals surface area contributed by atoms with Gasteiger partial charge in [0.15, 0.2) is 0 Å². The minimum absolute atomic E-state index is 0.112. The Morgan fingerprint density at radius 1 is 1.21 bits per heavy atom. The molecule has 0 unspecified atom stereocenters. The molecular weight excluding hydrogens is 386 g/mol. The molecule has 2 fully saturated rings. The molecule has 2 aliphatic rings. The standard InChI is InChI=1S/C19H22F2N4O4/c1-2-24(10-14(26)22-16-12(20)6-5-7-13(16)21)15(27)11-25-17(28)19(23-18(25)29)8-3-4-9-19/h5-7H,2-4,8-11H2,1H3,(H,22,26)(H,23,29). The van der Waals surface area contributed by atoms with Gasteiger partial charge in [-0.2, -0.15) is 0 Å². The highest BCUT2D eigenvalue weighted by Gasteiger charge is 2.52. The Hall–Kier alpha value is -3.04. The van der Waals surface area contributed by atoms with Crippen LogP contribution in [0.5, 0.6) is 0 Å². The van der Waals surface area contributed by atoms with Crippen LogP contribution in [0.25, 0.3) is 0 Å². The summed E-state index contributed by atoms with van der Waals surface area (Å²) in [4.78, 5) is 51.5. The summed E-state index contributed by atoms with van der Waals surface area (Å²) in [7, 11) is 0. The molecule has 29 heavy (non-hydrogen) atoms. The summed E-state index contributed by atoms with van der Waals surface area (Å²) in [5.41, 5.74) is -1.52. The minimum Gasteiger partial charge on any atom is -0.332 e. The highest BCUT2D eigenvalue weighted by molar-refractivity contribution is 6.09. The average molecular weight is 408 g/mol. The summed E-state index contributed by atoms with van der Waals surface area (Å²) in [6, 6.07) is 2.53. The fourth-order valence-electron chi connectivity index (χ4n) is 3.72. The first-order chi connectivity index (χ1) is 13.8. The molecule has 1 heterocycles. The van der Waals surface area contributed by atoms with Crippen LogP contribution in [0.3, 0.4) is 0 Å². The van der Waals surface area contributed by atoms with Crippen molar-refractivity contribution in [3.05, 3.63) is 29.8 Å². The SMILES string of the molecule is CCN(CC(=O)Nc1c(F)cccc1F)C(=O)CN1C(=O)NC2(CCCC2)C1=O. The van der Waals surface area contributed by atoms with Gasteiger partial charge in [0.1, 0.15) is 29.4 Å². The van der Waals surface area contributed by atoms with Gasteiger partial charge in [0.25, 0.3) is 5.91 Å². The van der Waals surface area contributed by atoms with Gasteiger partial charge in [-0.1, -0.05) is 18.9 Å². The van der Waals surface area contributed by atoms with E-state index < -0.39 is 59.7 Å². The van der Waals surface area contributed by atoms with E-state index in [1.165, 1.54) is 0 Å². The van der Waals surface area contributed by atoms with Crippen LogP contribution >= 0.6 is 0 Å². The Labute approximate surface area is 166 Å². The monoisotopic (exact) mass is 408 g/mol. The van der Waals surface area contributed by atoms with E-state index in [0.717, 1.165) is 40.8 Å². The van der Waals surface area contributed by atoms with E-state index in [1.54, 1.807) is 6.92 Å². The van der Waals surface area contributed by atoms with Gasteiger partial charge in [-0.3, -0.25) is 19.3 Å². The van der Waals surface area contributed by atoms with Crippen molar-refractivity contribution in [1.29, 1.82) is 0 Å². The predicted octanol–water partition coefficient (Wildman–Crippen LogP) is 1.62. The summed E-state index contributed by atoms with van der Waals surface area (Å²) in [5, 5.41) is 4.79. The number of benzene rings is 1. The quantitative estimate of drug-likeness (QED) is 0.699.